The van der Waals surface area contributed by atoms with Crippen molar-refractivity contribution in [1.82, 2.24) is 0 Å². The Morgan fingerprint density at radius 2 is 0.956 bits per heavy atom. The summed E-state index contributed by atoms with van der Waals surface area (Å²) in [4.78, 5) is 11.0. The first-order valence-electron chi connectivity index (χ1n) is 15.2. The molecule has 3 rings (SSSR count). The van der Waals surface area contributed by atoms with Crippen LogP contribution >= 0.6 is 0 Å². The third-order valence-electron chi connectivity index (χ3n) is 8.84. The minimum atomic E-state index is -1.49. The SMILES string of the molecule is CC[C@H]1C(CO)O[C@@H](COC[C@H]2C(COCC(=O)O)O[C@@H](COC[C@H]3C(CO)O[C@@H](COC)C(O)[C@H]3O)C(O)[C@H]2O)C(O)[C@H]1O. The summed E-state index contributed by atoms with van der Waals surface area (Å²) in [6, 6.07) is 0. The number of ether oxygens (including phenoxy) is 7. The number of methoxy groups -OCH3 is 1. The van der Waals surface area contributed by atoms with Gasteiger partial charge in [0.05, 0.1) is 89.5 Å². The fourth-order valence-corrected chi connectivity index (χ4v) is 6.21. The minimum absolute atomic E-state index is 0.00274. The third kappa shape index (κ3) is 9.71. The van der Waals surface area contributed by atoms with Crippen LogP contribution in [0.1, 0.15) is 13.3 Å². The zero-order chi connectivity index (χ0) is 33.3. The molecule has 45 heavy (non-hydrogen) atoms. The van der Waals surface area contributed by atoms with Crippen molar-refractivity contribution in [2.45, 2.75) is 86.6 Å². The molecule has 0 saturated carbocycles. The van der Waals surface area contributed by atoms with Crippen LogP contribution in [0.15, 0.2) is 0 Å². The van der Waals surface area contributed by atoms with Crippen LogP contribution in [0.25, 0.3) is 0 Å². The van der Waals surface area contributed by atoms with Gasteiger partial charge in [0.2, 0.25) is 0 Å². The molecule has 15 atom stereocenters. The molecule has 3 aliphatic heterocycles. The molecule has 3 aliphatic rings. The molecule has 3 fully saturated rings. The lowest BCUT2D eigenvalue weighted by atomic mass is 9.85. The normalized spacial score (nSPS) is 42.5. The van der Waals surface area contributed by atoms with E-state index in [0.29, 0.717) is 6.42 Å². The van der Waals surface area contributed by atoms with Gasteiger partial charge in [0.15, 0.2) is 0 Å². The predicted octanol–water partition coefficient (Wildman–Crippen LogP) is -4.52. The van der Waals surface area contributed by atoms with Gasteiger partial charge < -0.3 is 79.1 Å². The number of rotatable bonds is 17. The van der Waals surface area contributed by atoms with Gasteiger partial charge in [-0.3, -0.25) is 0 Å². The Hall–Kier alpha value is -1.13. The third-order valence-corrected chi connectivity index (χ3v) is 8.84. The summed E-state index contributed by atoms with van der Waals surface area (Å²) in [5.74, 6) is -3.46. The van der Waals surface area contributed by atoms with Gasteiger partial charge >= 0.3 is 5.97 Å². The lowest BCUT2D eigenvalue weighted by Crippen LogP contribution is -2.59. The molecule has 9 N–H and O–H groups in total. The summed E-state index contributed by atoms with van der Waals surface area (Å²) in [5, 5.41) is 92.3. The van der Waals surface area contributed by atoms with Crippen LogP contribution in [0.3, 0.4) is 0 Å². The summed E-state index contributed by atoms with van der Waals surface area (Å²) in [7, 11) is 1.40. The minimum Gasteiger partial charge on any atom is -0.480 e. The van der Waals surface area contributed by atoms with E-state index in [-0.39, 0.29) is 46.2 Å². The monoisotopic (exact) mass is 658 g/mol. The van der Waals surface area contributed by atoms with Crippen LogP contribution < -0.4 is 0 Å². The Balaban J connectivity index is 1.60. The number of carboxylic acid groups (broad SMARTS) is 1. The number of aliphatic hydroxyl groups is 8. The Morgan fingerprint density at radius 3 is 1.40 bits per heavy atom. The first kappa shape index (κ1) is 38.3. The quantitative estimate of drug-likeness (QED) is 0.0713. The van der Waals surface area contributed by atoms with Crippen molar-refractivity contribution < 1.29 is 83.9 Å². The van der Waals surface area contributed by atoms with Crippen LogP contribution in [0.4, 0.5) is 0 Å². The molecule has 6 unspecified atom stereocenters. The van der Waals surface area contributed by atoms with Gasteiger partial charge in [0, 0.05) is 24.9 Å². The fourth-order valence-electron chi connectivity index (χ4n) is 6.21. The number of aliphatic hydroxyl groups excluding tert-OH is 8. The standard InChI is InChI=1S/C28H50O17/c1-3-13-16(4-29)43-20(27(37)23(13)33)10-41-7-15-18(9-42-12-22(31)32)45-21(28(38)25(15)35)11-40-6-14-17(5-30)44-19(8-39-2)26(36)24(14)34/h13-21,23-30,33-38H,3-12H2,1-2H3,(H,31,32)/t13-,14-,15-,16?,17?,18?,19-,20-,21-,23-,24-,25-,26?,27?,28?/m0/s1. The smallest absolute Gasteiger partial charge is 0.329 e. The summed E-state index contributed by atoms with van der Waals surface area (Å²) < 4.78 is 38.9. The van der Waals surface area contributed by atoms with Crippen molar-refractivity contribution in [3.05, 3.63) is 0 Å². The molecule has 3 heterocycles. The Bertz CT molecular complexity index is 863. The van der Waals surface area contributed by atoms with E-state index in [9.17, 15) is 45.6 Å². The van der Waals surface area contributed by atoms with Gasteiger partial charge in [0.1, 0.15) is 43.2 Å². The van der Waals surface area contributed by atoms with Gasteiger partial charge in [-0.15, -0.1) is 0 Å². The molecule has 264 valence electrons. The summed E-state index contributed by atoms with van der Waals surface area (Å²) in [5.41, 5.74) is 0. The molecule has 0 aromatic rings. The zero-order valence-corrected chi connectivity index (χ0v) is 25.5. The highest BCUT2D eigenvalue weighted by Crippen LogP contribution is 2.31. The molecule has 0 aliphatic carbocycles. The molecule has 17 nitrogen and oxygen atoms in total. The van der Waals surface area contributed by atoms with Crippen LogP contribution in [0.5, 0.6) is 0 Å². The topological polar surface area (TPSA) is 264 Å². The largest absolute Gasteiger partial charge is 0.480 e. The second-order valence-corrected chi connectivity index (χ2v) is 11.8. The van der Waals surface area contributed by atoms with Crippen molar-refractivity contribution in [3.8, 4) is 0 Å². The maximum absolute atomic E-state index is 11.0. The Labute approximate surface area is 261 Å². The van der Waals surface area contributed by atoms with Gasteiger partial charge in [0.25, 0.3) is 0 Å². The average molecular weight is 659 g/mol. The average Bonchev–Trinajstić information content (AvgIpc) is 3.01. The van der Waals surface area contributed by atoms with E-state index < -0.39 is 110 Å². The van der Waals surface area contributed by atoms with E-state index in [0.717, 1.165) is 0 Å². The second kappa shape index (κ2) is 18.4. The van der Waals surface area contributed by atoms with E-state index in [1.807, 2.05) is 0 Å². The van der Waals surface area contributed by atoms with Crippen LogP contribution in [0, 0.1) is 17.8 Å². The van der Waals surface area contributed by atoms with Crippen molar-refractivity contribution in [3.63, 3.8) is 0 Å². The molecule has 0 amide bonds. The molecule has 0 aromatic heterocycles. The highest BCUT2D eigenvalue weighted by Gasteiger charge is 2.48. The lowest BCUT2D eigenvalue weighted by molar-refractivity contribution is -0.249. The summed E-state index contributed by atoms with van der Waals surface area (Å²) in [6.45, 7) is -0.937. The van der Waals surface area contributed by atoms with Crippen molar-refractivity contribution in [2.24, 2.45) is 17.8 Å². The molecule has 0 bridgehead atoms. The molecule has 0 spiro atoms. The maximum atomic E-state index is 11.0. The van der Waals surface area contributed by atoms with Crippen LogP contribution in [0.2, 0.25) is 0 Å². The number of hydrogen-bond acceptors (Lipinski definition) is 16. The Morgan fingerprint density at radius 1 is 0.556 bits per heavy atom. The van der Waals surface area contributed by atoms with Crippen molar-refractivity contribution in [1.29, 1.82) is 0 Å². The predicted molar refractivity (Wildman–Crippen MR) is 149 cm³/mol. The number of carboxylic acids is 1. The molecule has 0 aromatic carbocycles. The van der Waals surface area contributed by atoms with Crippen LogP contribution in [-0.4, -0.2) is 192 Å². The first-order valence-corrected chi connectivity index (χ1v) is 15.2. The molecular formula is C28H50O17. The van der Waals surface area contributed by atoms with Gasteiger partial charge in [-0.05, 0) is 6.42 Å². The second-order valence-electron chi connectivity index (χ2n) is 11.8. The van der Waals surface area contributed by atoms with Crippen LogP contribution in [-0.2, 0) is 38.0 Å². The maximum Gasteiger partial charge on any atom is 0.329 e. The molecule has 0 radical (unpaired) electrons. The van der Waals surface area contributed by atoms with E-state index in [4.69, 9.17) is 38.3 Å². The van der Waals surface area contributed by atoms with Gasteiger partial charge in [-0.1, -0.05) is 6.92 Å². The fraction of sp³-hybridized carbons (Fsp3) is 0.964. The lowest BCUT2D eigenvalue weighted by Gasteiger charge is -2.44. The summed E-state index contributed by atoms with van der Waals surface area (Å²) in [6.07, 6.45) is -13.1. The molecule has 17 heteroatoms. The number of aliphatic carboxylic acids is 1. The van der Waals surface area contributed by atoms with E-state index in [1.54, 1.807) is 6.92 Å². The van der Waals surface area contributed by atoms with Crippen molar-refractivity contribution in [2.75, 3.05) is 66.6 Å². The van der Waals surface area contributed by atoms with E-state index in [2.05, 4.69) is 0 Å². The van der Waals surface area contributed by atoms with E-state index >= 15 is 0 Å². The van der Waals surface area contributed by atoms with Crippen molar-refractivity contribution >= 4 is 5.97 Å². The van der Waals surface area contributed by atoms with Gasteiger partial charge in [-0.25, -0.2) is 4.79 Å². The molecular weight excluding hydrogens is 608 g/mol. The zero-order valence-electron chi connectivity index (χ0n) is 25.5. The Kier molecular flexibility index (Phi) is 15.7. The molecule has 3 saturated heterocycles. The van der Waals surface area contributed by atoms with Gasteiger partial charge in [-0.2, -0.15) is 0 Å². The van der Waals surface area contributed by atoms with E-state index in [1.165, 1.54) is 7.11 Å². The number of hydrogen-bond donors (Lipinski definition) is 9. The highest BCUT2D eigenvalue weighted by molar-refractivity contribution is 5.67. The summed E-state index contributed by atoms with van der Waals surface area (Å²) >= 11 is 0. The highest BCUT2D eigenvalue weighted by atomic mass is 16.6. The first-order chi connectivity index (χ1) is 21.5. The number of carbonyl (C=O) groups is 1.